The van der Waals surface area contributed by atoms with E-state index in [1.165, 1.54) is 0 Å². The average molecular weight is 185 g/mol. The molecule has 2 atom stereocenters. The average Bonchev–Trinajstić information content (AvgIpc) is 2.19. The highest BCUT2D eigenvalue weighted by atomic mass is 16.5. The quantitative estimate of drug-likeness (QED) is 0.659. The van der Waals surface area contributed by atoms with Crippen molar-refractivity contribution in [3.05, 3.63) is 0 Å². The van der Waals surface area contributed by atoms with Gasteiger partial charge in [0.1, 0.15) is 0 Å². The summed E-state index contributed by atoms with van der Waals surface area (Å²) in [7, 11) is 0. The highest BCUT2D eigenvalue weighted by Crippen LogP contribution is 2.49. The lowest BCUT2D eigenvalue weighted by Gasteiger charge is -2.55. The molecule has 1 aliphatic heterocycles. The molecular weight excluding hydrogens is 166 g/mol. The molecule has 1 saturated heterocycles. The van der Waals surface area contributed by atoms with Crippen molar-refractivity contribution in [2.45, 2.75) is 38.4 Å². The van der Waals surface area contributed by atoms with Gasteiger partial charge < -0.3 is 15.2 Å². The minimum Gasteiger partial charge on any atom is -0.392 e. The van der Waals surface area contributed by atoms with E-state index in [1.54, 1.807) is 0 Å². The van der Waals surface area contributed by atoms with Crippen LogP contribution in [-0.4, -0.2) is 37.0 Å². The Morgan fingerprint density at radius 2 is 2.15 bits per heavy atom. The van der Waals surface area contributed by atoms with Crippen LogP contribution < -0.4 is 5.32 Å². The van der Waals surface area contributed by atoms with Crippen molar-refractivity contribution >= 4 is 0 Å². The Morgan fingerprint density at radius 3 is 2.69 bits per heavy atom. The summed E-state index contributed by atoms with van der Waals surface area (Å²) >= 11 is 0. The number of hydrogen-bond donors (Lipinski definition) is 2. The van der Waals surface area contributed by atoms with Gasteiger partial charge in [-0.15, -0.1) is 0 Å². The van der Waals surface area contributed by atoms with E-state index in [1.807, 2.05) is 6.92 Å². The van der Waals surface area contributed by atoms with Gasteiger partial charge in [0.25, 0.3) is 0 Å². The van der Waals surface area contributed by atoms with Gasteiger partial charge >= 0.3 is 0 Å². The minimum absolute atomic E-state index is 0.0985. The van der Waals surface area contributed by atoms with Crippen molar-refractivity contribution in [3.8, 4) is 0 Å². The Hall–Kier alpha value is -0.120. The third-order valence-corrected chi connectivity index (χ3v) is 3.64. The third-order valence-electron chi connectivity index (χ3n) is 3.64. The van der Waals surface area contributed by atoms with Crippen molar-refractivity contribution in [2.24, 2.45) is 5.41 Å². The Bertz CT molecular complexity index is 176. The summed E-state index contributed by atoms with van der Waals surface area (Å²) in [5, 5.41) is 13.1. The van der Waals surface area contributed by atoms with E-state index in [-0.39, 0.29) is 11.5 Å². The molecule has 1 spiro atoms. The van der Waals surface area contributed by atoms with Crippen LogP contribution in [0, 0.1) is 5.41 Å². The van der Waals surface area contributed by atoms with Crippen LogP contribution in [0.3, 0.4) is 0 Å². The monoisotopic (exact) mass is 185 g/mol. The van der Waals surface area contributed by atoms with Crippen LogP contribution in [0.15, 0.2) is 0 Å². The van der Waals surface area contributed by atoms with E-state index in [2.05, 4.69) is 5.32 Å². The first kappa shape index (κ1) is 9.44. The molecule has 0 bridgehead atoms. The van der Waals surface area contributed by atoms with E-state index in [4.69, 9.17) is 4.74 Å². The van der Waals surface area contributed by atoms with E-state index in [0.29, 0.717) is 6.10 Å². The zero-order valence-electron chi connectivity index (χ0n) is 8.25. The standard InChI is InChI=1S/C10H19NO2/c1-2-13-9-7-8(12)10(9)3-5-11-6-4-10/h8-9,11-12H,2-7H2,1H3. The zero-order valence-corrected chi connectivity index (χ0v) is 8.25. The van der Waals surface area contributed by atoms with E-state index < -0.39 is 0 Å². The van der Waals surface area contributed by atoms with E-state index in [0.717, 1.165) is 39.0 Å². The number of ether oxygens (including phenoxy) is 1. The molecule has 76 valence electrons. The molecular formula is C10H19NO2. The van der Waals surface area contributed by atoms with Crippen molar-refractivity contribution in [3.63, 3.8) is 0 Å². The highest BCUT2D eigenvalue weighted by Gasteiger charge is 2.55. The number of aliphatic hydroxyl groups excluding tert-OH is 1. The Balaban J connectivity index is 1.99. The van der Waals surface area contributed by atoms with Crippen molar-refractivity contribution in [2.75, 3.05) is 19.7 Å². The fraction of sp³-hybridized carbons (Fsp3) is 1.00. The summed E-state index contributed by atoms with van der Waals surface area (Å²) in [5.41, 5.74) is 0.0985. The number of piperidine rings is 1. The first-order valence-corrected chi connectivity index (χ1v) is 5.30. The zero-order chi connectivity index (χ0) is 9.31. The Morgan fingerprint density at radius 1 is 1.46 bits per heavy atom. The summed E-state index contributed by atoms with van der Waals surface area (Å²) in [4.78, 5) is 0. The number of nitrogens with one attached hydrogen (secondary N) is 1. The second kappa shape index (κ2) is 3.56. The first-order chi connectivity index (χ1) is 6.29. The molecule has 0 amide bonds. The Kier molecular flexibility index (Phi) is 2.58. The number of rotatable bonds is 2. The number of hydrogen-bond acceptors (Lipinski definition) is 3. The normalized spacial score (nSPS) is 37.4. The lowest BCUT2D eigenvalue weighted by molar-refractivity contribution is -0.201. The molecule has 0 aromatic rings. The van der Waals surface area contributed by atoms with Crippen LogP contribution in [0.25, 0.3) is 0 Å². The molecule has 2 unspecified atom stereocenters. The summed E-state index contributed by atoms with van der Waals surface area (Å²) < 4.78 is 5.65. The van der Waals surface area contributed by atoms with Gasteiger partial charge in [0.05, 0.1) is 12.2 Å². The fourth-order valence-electron chi connectivity index (χ4n) is 2.71. The topological polar surface area (TPSA) is 41.5 Å². The Labute approximate surface area is 79.5 Å². The van der Waals surface area contributed by atoms with Crippen LogP contribution in [0.1, 0.15) is 26.2 Å². The molecule has 2 aliphatic rings. The summed E-state index contributed by atoms with van der Waals surface area (Å²) in [5.74, 6) is 0. The summed E-state index contributed by atoms with van der Waals surface area (Å²) in [6, 6.07) is 0. The van der Waals surface area contributed by atoms with Crippen molar-refractivity contribution in [1.29, 1.82) is 0 Å². The fourth-order valence-corrected chi connectivity index (χ4v) is 2.71. The summed E-state index contributed by atoms with van der Waals surface area (Å²) in [6.45, 7) is 4.85. The maximum absolute atomic E-state index is 9.81. The molecule has 1 aliphatic carbocycles. The van der Waals surface area contributed by atoms with Crippen molar-refractivity contribution < 1.29 is 9.84 Å². The molecule has 0 aromatic carbocycles. The largest absolute Gasteiger partial charge is 0.392 e. The molecule has 2 fully saturated rings. The molecule has 1 saturated carbocycles. The number of aliphatic hydroxyl groups is 1. The molecule has 3 nitrogen and oxygen atoms in total. The first-order valence-electron chi connectivity index (χ1n) is 5.30. The lowest BCUT2D eigenvalue weighted by atomic mass is 9.58. The highest BCUT2D eigenvalue weighted by molar-refractivity contribution is 5.06. The molecule has 0 aromatic heterocycles. The molecule has 0 radical (unpaired) electrons. The minimum atomic E-state index is -0.119. The smallest absolute Gasteiger partial charge is 0.0681 e. The van der Waals surface area contributed by atoms with Gasteiger partial charge in [0, 0.05) is 18.4 Å². The van der Waals surface area contributed by atoms with Crippen LogP contribution in [-0.2, 0) is 4.74 Å². The molecule has 1 heterocycles. The van der Waals surface area contributed by atoms with Crippen LogP contribution in [0.4, 0.5) is 0 Å². The van der Waals surface area contributed by atoms with Gasteiger partial charge in [-0.25, -0.2) is 0 Å². The van der Waals surface area contributed by atoms with E-state index >= 15 is 0 Å². The van der Waals surface area contributed by atoms with E-state index in [9.17, 15) is 5.11 Å². The maximum atomic E-state index is 9.81. The third kappa shape index (κ3) is 1.39. The second-order valence-corrected chi connectivity index (χ2v) is 4.18. The summed E-state index contributed by atoms with van der Waals surface area (Å²) in [6.07, 6.45) is 3.17. The van der Waals surface area contributed by atoms with Gasteiger partial charge in [-0.05, 0) is 32.9 Å². The lowest BCUT2D eigenvalue weighted by Crippen LogP contribution is -2.61. The SMILES string of the molecule is CCOC1CC(O)C12CCNCC2. The van der Waals surface area contributed by atoms with Gasteiger partial charge in [-0.3, -0.25) is 0 Å². The van der Waals surface area contributed by atoms with Crippen molar-refractivity contribution in [1.82, 2.24) is 5.32 Å². The van der Waals surface area contributed by atoms with Gasteiger partial charge in [0.15, 0.2) is 0 Å². The predicted octanol–water partition coefficient (Wildman–Crippen LogP) is 0.526. The van der Waals surface area contributed by atoms with Gasteiger partial charge in [-0.2, -0.15) is 0 Å². The van der Waals surface area contributed by atoms with Gasteiger partial charge in [-0.1, -0.05) is 0 Å². The predicted molar refractivity (Wildman–Crippen MR) is 50.6 cm³/mol. The molecule has 2 rings (SSSR count). The van der Waals surface area contributed by atoms with Gasteiger partial charge in [0.2, 0.25) is 0 Å². The van der Waals surface area contributed by atoms with Crippen LogP contribution in [0.2, 0.25) is 0 Å². The van der Waals surface area contributed by atoms with Crippen LogP contribution >= 0.6 is 0 Å². The molecule has 13 heavy (non-hydrogen) atoms. The second-order valence-electron chi connectivity index (χ2n) is 4.18. The maximum Gasteiger partial charge on any atom is 0.0681 e. The molecule has 3 heteroatoms. The van der Waals surface area contributed by atoms with Crippen LogP contribution in [0.5, 0.6) is 0 Å². The molecule has 2 N–H and O–H groups in total.